The van der Waals surface area contributed by atoms with E-state index in [1.165, 1.54) is 0 Å². The van der Waals surface area contributed by atoms with Crippen LogP contribution in [0.15, 0.2) is 29.6 Å². The van der Waals surface area contributed by atoms with Crippen molar-refractivity contribution in [2.75, 3.05) is 13.1 Å². The largest absolute Gasteiger partial charge is 0.343 e. The molecule has 0 aliphatic heterocycles. The first kappa shape index (κ1) is 15.7. The van der Waals surface area contributed by atoms with Crippen LogP contribution in [0.25, 0.3) is 10.6 Å². The quantitative estimate of drug-likeness (QED) is 0.892. The van der Waals surface area contributed by atoms with Gasteiger partial charge in [0.2, 0.25) is 5.91 Å². The smallest absolute Gasteiger partial charge is 0.228 e. The van der Waals surface area contributed by atoms with E-state index in [-0.39, 0.29) is 5.91 Å². The molecule has 0 aliphatic carbocycles. The Labute approximate surface area is 129 Å². The Morgan fingerprint density at radius 3 is 2.67 bits per heavy atom. The molecule has 1 heterocycles. The van der Waals surface area contributed by atoms with Crippen LogP contribution in [0.2, 0.25) is 0 Å². The maximum Gasteiger partial charge on any atom is 0.228 e. The van der Waals surface area contributed by atoms with Crippen molar-refractivity contribution in [2.24, 2.45) is 5.73 Å². The molecule has 2 rings (SSSR count). The number of rotatable bonds is 6. The minimum atomic E-state index is 0.129. The van der Waals surface area contributed by atoms with Crippen LogP contribution in [0.5, 0.6) is 0 Å². The van der Waals surface area contributed by atoms with Gasteiger partial charge in [0.1, 0.15) is 5.01 Å². The molecule has 0 saturated carbocycles. The first-order chi connectivity index (χ1) is 10.2. The summed E-state index contributed by atoms with van der Waals surface area (Å²) in [7, 11) is 0. The molecule has 1 aromatic heterocycles. The lowest BCUT2D eigenvalue weighted by Gasteiger charge is -2.17. The molecular formula is C16H21N3OS. The molecule has 0 aliphatic rings. The van der Waals surface area contributed by atoms with E-state index in [2.05, 4.69) is 4.98 Å². The van der Waals surface area contributed by atoms with Gasteiger partial charge in [0.25, 0.3) is 0 Å². The molecule has 0 fully saturated rings. The van der Waals surface area contributed by atoms with Crippen molar-refractivity contribution in [3.05, 3.63) is 40.9 Å². The van der Waals surface area contributed by atoms with Gasteiger partial charge in [-0.15, -0.1) is 11.3 Å². The number of amides is 1. The molecule has 0 radical (unpaired) electrons. The summed E-state index contributed by atoms with van der Waals surface area (Å²) in [5.41, 5.74) is 8.74. The van der Waals surface area contributed by atoms with Crippen LogP contribution < -0.4 is 5.73 Å². The summed E-state index contributed by atoms with van der Waals surface area (Å²) in [6.07, 6.45) is 0.364. The number of carbonyl (C=O) groups is 1. The van der Waals surface area contributed by atoms with Crippen molar-refractivity contribution in [2.45, 2.75) is 26.8 Å². The molecule has 1 amide bonds. The topological polar surface area (TPSA) is 59.2 Å². The zero-order valence-electron chi connectivity index (χ0n) is 12.5. The van der Waals surface area contributed by atoms with Crippen LogP contribution in [0.1, 0.15) is 25.1 Å². The minimum Gasteiger partial charge on any atom is -0.343 e. The number of hydrogen-bond acceptors (Lipinski definition) is 4. The third-order valence-electron chi connectivity index (χ3n) is 3.47. The van der Waals surface area contributed by atoms with E-state index in [1.807, 2.05) is 48.4 Å². The first-order valence-electron chi connectivity index (χ1n) is 7.20. The maximum absolute atomic E-state index is 12.1. The van der Waals surface area contributed by atoms with E-state index in [9.17, 15) is 4.79 Å². The van der Waals surface area contributed by atoms with Crippen molar-refractivity contribution in [3.63, 3.8) is 0 Å². The molecule has 21 heavy (non-hydrogen) atoms. The van der Waals surface area contributed by atoms with Crippen LogP contribution in [0.4, 0.5) is 0 Å². The molecule has 0 atom stereocenters. The second-order valence-electron chi connectivity index (χ2n) is 4.75. The average Bonchev–Trinajstić information content (AvgIpc) is 2.96. The Morgan fingerprint density at radius 1 is 1.29 bits per heavy atom. The molecule has 0 bridgehead atoms. The molecule has 112 valence electrons. The Kier molecular flexibility index (Phi) is 5.47. The maximum atomic E-state index is 12.1. The molecule has 4 nitrogen and oxygen atoms in total. The molecule has 0 unspecified atom stereocenters. The Bertz CT molecular complexity index is 605. The normalized spacial score (nSPS) is 10.6. The predicted octanol–water partition coefficient (Wildman–Crippen LogP) is 2.68. The lowest BCUT2D eigenvalue weighted by atomic mass is 10.1. The molecule has 0 saturated heterocycles. The highest BCUT2D eigenvalue weighted by Gasteiger charge is 2.14. The number of benzene rings is 1. The van der Waals surface area contributed by atoms with E-state index in [4.69, 9.17) is 5.73 Å². The van der Waals surface area contributed by atoms with Crippen molar-refractivity contribution in [3.8, 4) is 10.6 Å². The summed E-state index contributed by atoms with van der Waals surface area (Å²) in [4.78, 5) is 18.5. The molecule has 2 aromatic rings. The van der Waals surface area contributed by atoms with Crippen molar-refractivity contribution in [1.29, 1.82) is 0 Å². The molecular weight excluding hydrogens is 282 g/mol. The highest BCUT2D eigenvalue weighted by Crippen LogP contribution is 2.27. The highest BCUT2D eigenvalue weighted by molar-refractivity contribution is 7.13. The van der Waals surface area contributed by atoms with Gasteiger partial charge in [-0.1, -0.05) is 24.3 Å². The van der Waals surface area contributed by atoms with Crippen LogP contribution in [-0.2, 0) is 17.8 Å². The fourth-order valence-corrected chi connectivity index (χ4v) is 3.14. The molecule has 2 N–H and O–H groups in total. The van der Waals surface area contributed by atoms with Crippen molar-refractivity contribution >= 4 is 17.2 Å². The standard InChI is InChI=1S/C16H21N3OS/c1-3-19(4-2)15(20)9-13-11-21-16(18-13)14-8-6-5-7-12(14)10-17/h5-8,11H,3-4,9-10,17H2,1-2H3. The van der Waals surface area contributed by atoms with Gasteiger partial charge in [-0.25, -0.2) is 4.98 Å². The Hall–Kier alpha value is -1.72. The summed E-state index contributed by atoms with van der Waals surface area (Å²) in [6, 6.07) is 8.00. The van der Waals surface area contributed by atoms with Gasteiger partial charge in [0.05, 0.1) is 12.1 Å². The third kappa shape index (κ3) is 3.68. The number of thiazole rings is 1. The fourth-order valence-electron chi connectivity index (χ4n) is 2.26. The SMILES string of the molecule is CCN(CC)C(=O)Cc1csc(-c2ccccc2CN)n1. The number of likely N-dealkylation sites (N-methyl/N-ethyl adjacent to an activating group) is 1. The lowest BCUT2D eigenvalue weighted by Crippen LogP contribution is -2.31. The summed E-state index contributed by atoms with van der Waals surface area (Å²) in [5.74, 6) is 0.129. The molecule has 1 aromatic carbocycles. The monoisotopic (exact) mass is 303 g/mol. The van der Waals surface area contributed by atoms with Gasteiger partial charge in [0.15, 0.2) is 0 Å². The Morgan fingerprint density at radius 2 is 2.00 bits per heavy atom. The minimum absolute atomic E-state index is 0.129. The van der Waals surface area contributed by atoms with E-state index in [0.29, 0.717) is 13.0 Å². The van der Waals surface area contributed by atoms with E-state index < -0.39 is 0 Å². The van der Waals surface area contributed by atoms with E-state index >= 15 is 0 Å². The second-order valence-corrected chi connectivity index (χ2v) is 5.61. The van der Waals surface area contributed by atoms with Gasteiger partial charge in [-0.2, -0.15) is 0 Å². The first-order valence-corrected chi connectivity index (χ1v) is 8.08. The zero-order chi connectivity index (χ0) is 15.2. The Balaban J connectivity index is 2.17. The summed E-state index contributed by atoms with van der Waals surface area (Å²) in [5, 5.41) is 2.89. The third-order valence-corrected chi connectivity index (χ3v) is 4.39. The van der Waals surface area contributed by atoms with E-state index in [0.717, 1.165) is 34.9 Å². The van der Waals surface area contributed by atoms with Crippen molar-refractivity contribution < 1.29 is 4.79 Å². The van der Waals surface area contributed by atoms with Gasteiger partial charge in [0, 0.05) is 30.6 Å². The number of nitrogens with zero attached hydrogens (tertiary/aromatic N) is 2. The van der Waals surface area contributed by atoms with Crippen LogP contribution in [0.3, 0.4) is 0 Å². The predicted molar refractivity (Wildman–Crippen MR) is 87.1 cm³/mol. The van der Waals surface area contributed by atoms with Gasteiger partial charge < -0.3 is 10.6 Å². The fraction of sp³-hybridized carbons (Fsp3) is 0.375. The van der Waals surface area contributed by atoms with E-state index in [1.54, 1.807) is 11.3 Å². The van der Waals surface area contributed by atoms with Crippen LogP contribution >= 0.6 is 11.3 Å². The number of hydrogen-bond donors (Lipinski definition) is 1. The summed E-state index contributed by atoms with van der Waals surface area (Å²) in [6.45, 7) is 5.95. The number of carbonyl (C=O) groups excluding carboxylic acids is 1. The van der Waals surface area contributed by atoms with Gasteiger partial charge >= 0.3 is 0 Å². The van der Waals surface area contributed by atoms with Crippen LogP contribution in [0, 0.1) is 0 Å². The number of aromatic nitrogens is 1. The van der Waals surface area contributed by atoms with Gasteiger partial charge in [-0.3, -0.25) is 4.79 Å². The molecule has 5 heteroatoms. The van der Waals surface area contributed by atoms with Crippen molar-refractivity contribution in [1.82, 2.24) is 9.88 Å². The molecule has 0 spiro atoms. The second kappa shape index (κ2) is 7.33. The van der Waals surface area contributed by atoms with Crippen LogP contribution in [-0.4, -0.2) is 28.9 Å². The summed E-state index contributed by atoms with van der Waals surface area (Å²) < 4.78 is 0. The zero-order valence-corrected chi connectivity index (χ0v) is 13.3. The highest BCUT2D eigenvalue weighted by atomic mass is 32.1. The summed E-state index contributed by atoms with van der Waals surface area (Å²) >= 11 is 1.56. The number of nitrogens with two attached hydrogens (primary N) is 1. The lowest BCUT2D eigenvalue weighted by molar-refractivity contribution is -0.130. The average molecular weight is 303 g/mol. The van der Waals surface area contributed by atoms with Gasteiger partial charge in [-0.05, 0) is 19.4 Å².